The van der Waals surface area contributed by atoms with E-state index in [1.54, 1.807) is 21.9 Å². The van der Waals surface area contributed by atoms with Gasteiger partial charge in [0.1, 0.15) is 17.4 Å². The summed E-state index contributed by atoms with van der Waals surface area (Å²) >= 11 is 0. The van der Waals surface area contributed by atoms with Crippen LogP contribution < -0.4 is 9.64 Å². The maximum Gasteiger partial charge on any atom is 0.573 e. The Balaban J connectivity index is 1.60. The van der Waals surface area contributed by atoms with Gasteiger partial charge in [0.15, 0.2) is 0 Å². The molecule has 0 radical (unpaired) electrons. The monoisotopic (exact) mass is 369 g/mol. The van der Waals surface area contributed by atoms with Crippen molar-refractivity contribution in [2.45, 2.75) is 12.9 Å². The van der Waals surface area contributed by atoms with E-state index in [9.17, 15) is 22.4 Å². The summed E-state index contributed by atoms with van der Waals surface area (Å²) in [4.78, 5) is 19.5. The molecule has 0 aliphatic carbocycles. The molecule has 9 heteroatoms. The fourth-order valence-electron chi connectivity index (χ4n) is 2.68. The Morgan fingerprint density at radius 1 is 1.15 bits per heavy atom. The van der Waals surface area contributed by atoms with Crippen LogP contribution in [0.5, 0.6) is 5.75 Å². The standard InChI is InChI=1S/C17H15F4N3O2/c18-13-3-1-2-12(8-13)10-24-7-6-23(11-16(24)25)15-5-4-14(9-22-15)26-17(19,20)21/h1-5,8-9H,6-7,10-11H2. The van der Waals surface area contributed by atoms with Crippen molar-refractivity contribution in [2.24, 2.45) is 0 Å². The van der Waals surface area contributed by atoms with E-state index >= 15 is 0 Å². The van der Waals surface area contributed by atoms with E-state index < -0.39 is 12.1 Å². The lowest BCUT2D eigenvalue weighted by atomic mass is 10.2. The summed E-state index contributed by atoms with van der Waals surface area (Å²) in [6, 6.07) is 8.56. The number of nitrogens with zero attached hydrogens (tertiary/aromatic N) is 3. The summed E-state index contributed by atoms with van der Waals surface area (Å²) in [5, 5.41) is 0. The summed E-state index contributed by atoms with van der Waals surface area (Å²) in [6.07, 6.45) is -3.81. The van der Waals surface area contributed by atoms with Crippen LogP contribution in [0.2, 0.25) is 0 Å². The van der Waals surface area contributed by atoms with Gasteiger partial charge in [0, 0.05) is 19.6 Å². The van der Waals surface area contributed by atoms with E-state index in [1.165, 1.54) is 18.2 Å². The Morgan fingerprint density at radius 3 is 2.58 bits per heavy atom. The average Bonchev–Trinajstić information content (AvgIpc) is 2.56. The molecule has 0 atom stereocenters. The lowest BCUT2D eigenvalue weighted by Gasteiger charge is -2.35. The molecule has 0 bridgehead atoms. The molecule has 2 aromatic rings. The Hall–Kier alpha value is -2.84. The van der Waals surface area contributed by atoms with Crippen molar-refractivity contribution >= 4 is 11.7 Å². The molecule has 5 nitrogen and oxygen atoms in total. The van der Waals surface area contributed by atoms with Crippen molar-refractivity contribution in [3.8, 4) is 5.75 Å². The number of alkyl halides is 3. The van der Waals surface area contributed by atoms with Crippen LogP contribution in [0.1, 0.15) is 5.56 Å². The predicted octanol–water partition coefficient (Wildman–Crippen LogP) is 2.97. The number of aromatic nitrogens is 1. The van der Waals surface area contributed by atoms with Crippen LogP contribution in [-0.2, 0) is 11.3 Å². The normalized spacial score (nSPS) is 15.3. The minimum Gasteiger partial charge on any atom is -0.404 e. The first-order chi connectivity index (χ1) is 12.3. The molecule has 1 saturated heterocycles. The predicted molar refractivity (Wildman–Crippen MR) is 85.0 cm³/mol. The van der Waals surface area contributed by atoms with Gasteiger partial charge in [-0.05, 0) is 29.8 Å². The second-order valence-electron chi connectivity index (χ2n) is 5.77. The van der Waals surface area contributed by atoms with Gasteiger partial charge in [-0.25, -0.2) is 9.37 Å². The quantitative estimate of drug-likeness (QED) is 0.778. The van der Waals surface area contributed by atoms with E-state index in [1.807, 2.05) is 0 Å². The first kappa shape index (κ1) is 18.0. The third kappa shape index (κ3) is 4.62. The first-order valence-electron chi connectivity index (χ1n) is 7.79. The van der Waals surface area contributed by atoms with Crippen LogP contribution in [0.15, 0.2) is 42.6 Å². The minimum absolute atomic E-state index is 0.0434. The summed E-state index contributed by atoms with van der Waals surface area (Å²) < 4.78 is 53.5. The lowest BCUT2D eigenvalue weighted by Crippen LogP contribution is -2.50. The lowest BCUT2D eigenvalue weighted by molar-refractivity contribution is -0.274. The van der Waals surface area contributed by atoms with Gasteiger partial charge < -0.3 is 14.5 Å². The van der Waals surface area contributed by atoms with Crippen molar-refractivity contribution in [3.05, 3.63) is 54.0 Å². The Kier molecular flexibility index (Phi) is 4.97. The third-order valence-corrected chi connectivity index (χ3v) is 3.86. The summed E-state index contributed by atoms with van der Waals surface area (Å²) in [5.41, 5.74) is 0.693. The van der Waals surface area contributed by atoms with Gasteiger partial charge >= 0.3 is 6.36 Å². The number of ether oxygens (including phenoxy) is 1. The number of pyridine rings is 1. The highest BCUT2D eigenvalue weighted by Gasteiger charge is 2.31. The van der Waals surface area contributed by atoms with Gasteiger partial charge in [0.05, 0.1) is 12.7 Å². The molecular formula is C17H15F4N3O2. The molecule has 0 saturated carbocycles. The molecule has 138 valence electrons. The number of anilines is 1. The van der Waals surface area contributed by atoms with Crippen LogP contribution >= 0.6 is 0 Å². The number of halogens is 4. The topological polar surface area (TPSA) is 45.7 Å². The van der Waals surface area contributed by atoms with E-state index in [-0.39, 0.29) is 18.3 Å². The number of piperazine rings is 1. The maximum atomic E-state index is 13.2. The molecule has 1 aromatic carbocycles. The molecule has 1 aliphatic rings. The van der Waals surface area contributed by atoms with Crippen molar-refractivity contribution in [1.82, 2.24) is 9.88 Å². The number of amides is 1. The largest absolute Gasteiger partial charge is 0.573 e. The zero-order valence-electron chi connectivity index (χ0n) is 13.5. The second kappa shape index (κ2) is 7.19. The zero-order valence-corrected chi connectivity index (χ0v) is 13.5. The SMILES string of the molecule is O=C1CN(c2ccc(OC(F)(F)F)cn2)CCN1Cc1cccc(F)c1. The highest BCUT2D eigenvalue weighted by Crippen LogP contribution is 2.24. The van der Waals surface area contributed by atoms with Gasteiger partial charge in [-0.15, -0.1) is 13.2 Å². The maximum absolute atomic E-state index is 13.2. The smallest absolute Gasteiger partial charge is 0.404 e. The summed E-state index contributed by atoms with van der Waals surface area (Å²) in [7, 11) is 0. The molecular weight excluding hydrogens is 354 g/mol. The molecule has 1 fully saturated rings. The van der Waals surface area contributed by atoms with Crippen molar-refractivity contribution < 1.29 is 27.1 Å². The molecule has 1 amide bonds. The van der Waals surface area contributed by atoms with Crippen molar-refractivity contribution in [1.29, 1.82) is 0 Å². The Bertz CT molecular complexity index is 780. The van der Waals surface area contributed by atoms with Gasteiger partial charge in [-0.1, -0.05) is 12.1 Å². The molecule has 2 heterocycles. The number of carbonyl (C=O) groups is 1. The third-order valence-electron chi connectivity index (χ3n) is 3.86. The summed E-state index contributed by atoms with van der Waals surface area (Å²) in [6.45, 7) is 1.21. The van der Waals surface area contributed by atoms with Crippen LogP contribution in [0.4, 0.5) is 23.4 Å². The fourth-order valence-corrected chi connectivity index (χ4v) is 2.68. The average molecular weight is 369 g/mol. The highest BCUT2D eigenvalue weighted by atomic mass is 19.4. The molecule has 0 spiro atoms. The van der Waals surface area contributed by atoms with E-state index in [0.717, 1.165) is 12.3 Å². The van der Waals surface area contributed by atoms with E-state index in [0.29, 0.717) is 31.0 Å². The van der Waals surface area contributed by atoms with Gasteiger partial charge in [0.2, 0.25) is 5.91 Å². The first-order valence-corrected chi connectivity index (χ1v) is 7.79. The molecule has 1 aliphatic heterocycles. The summed E-state index contributed by atoms with van der Waals surface area (Å²) in [5.74, 6) is -0.563. The van der Waals surface area contributed by atoms with Crippen LogP contribution in [0, 0.1) is 5.82 Å². The second-order valence-corrected chi connectivity index (χ2v) is 5.77. The molecule has 26 heavy (non-hydrogen) atoms. The number of hydrogen-bond acceptors (Lipinski definition) is 4. The molecule has 3 rings (SSSR count). The van der Waals surface area contributed by atoms with Crippen molar-refractivity contribution in [2.75, 3.05) is 24.5 Å². The van der Waals surface area contributed by atoms with Gasteiger partial charge in [-0.2, -0.15) is 0 Å². The van der Waals surface area contributed by atoms with Crippen molar-refractivity contribution in [3.63, 3.8) is 0 Å². The Morgan fingerprint density at radius 2 is 1.96 bits per heavy atom. The fraction of sp³-hybridized carbons (Fsp3) is 0.294. The number of benzene rings is 1. The number of carbonyl (C=O) groups excluding carboxylic acids is 1. The minimum atomic E-state index is -4.78. The Labute approximate surface area is 146 Å². The van der Waals surface area contributed by atoms with Crippen LogP contribution in [0.25, 0.3) is 0 Å². The van der Waals surface area contributed by atoms with E-state index in [2.05, 4.69) is 9.72 Å². The van der Waals surface area contributed by atoms with Gasteiger partial charge in [-0.3, -0.25) is 4.79 Å². The van der Waals surface area contributed by atoms with Crippen LogP contribution in [0.3, 0.4) is 0 Å². The van der Waals surface area contributed by atoms with Crippen LogP contribution in [-0.4, -0.2) is 41.8 Å². The molecule has 0 unspecified atom stereocenters. The van der Waals surface area contributed by atoms with Gasteiger partial charge in [0.25, 0.3) is 0 Å². The highest BCUT2D eigenvalue weighted by molar-refractivity contribution is 5.82. The molecule has 1 aromatic heterocycles. The number of rotatable bonds is 4. The van der Waals surface area contributed by atoms with E-state index in [4.69, 9.17) is 0 Å². The zero-order chi connectivity index (χ0) is 18.7. The number of hydrogen-bond donors (Lipinski definition) is 0. The molecule has 0 N–H and O–H groups in total.